The van der Waals surface area contributed by atoms with Gasteiger partial charge in [-0.2, -0.15) is 0 Å². The fourth-order valence-electron chi connectivity index (χ4n) is 7.25. The van der Waals surface area contributed by atoms with Crippen LogP contribution in [0.5, 0.6) is 0 Å². The minimum absolute atomic E-state index is 0.816. The molecule has 0 saturated heterocycles. The van der Waals surface area contributed by atoms with Crippen LogP contribution in [0.1, 0.15) is 140 Å². The van der Waals surface area contributed by atoms with Crippen LogP contribution in [0.15, 0.2) is 133 Å². The SMILES string of the molecule is [2H]c1c([2H])c2c(c([2H])c1-c1c([2H])c([2H])c3c([2H])c([2H])c4c([2H])c(C(C([2H])([2H])[2H])(C([2H])([2H])[2H])C([2H])([2H])[2H])c([2H])c5c([2H])c([2H])c1c3c45)C(C([2H])([2H])[2H])(C([2H])([2H])[2H])c1c([2H])c(-c3c([2H])c([2H])c4c([2H])c([2H])c5c([2H])c(C(C([2H])([2H])[2H])(C([2H])([2H])[2H])C([2H])([2H])[2H])c([2H])c6c([2H])c([2H])c3c4c56)c([2H])c([2H])c1-2. The molecule has 0 atom stereocenters. The summed E-state index contributed by atoms with van der Waals surface area (Å²) in [7, 11) is 0. The smallest absolute Gasteiger partial charge is 0.0561 e. The highest BCUT2D eigenvalue weighted by Crippen LogP contribution is 2.52. The van der Waals surface area contributed by atoms with Crippen molar-refractivity contribution in [3.8, 4) is 33.4 Å². The van der Waals surface area contributed by atoms with Crippen molar-refractivity contribution in [2.24, 2.45) is 0 Å². The molecule has 0 amide bonds. The summed E-state index contributed by atoms with van der Waals surface area (Å²) in [5.74, 6) is 0. The average molecular weight is 753 g/mol. The zero-order chi connectivity index (χ0) is 76.9. The van der Waals surface area contributed by atoms with E-state index in [0.717, 1.165) is 0 Å². The van der Waals surface area contributed by atoms with E-state index in [0.29, 0.717) is 0 Å². The molecule has 0 saturated carbocycles. The first-order valence-electron chi connectivity index (χ1n) is 39.2. The molecule has 0 unspecified atom stereocenters. The van der Waals surface area contributed by atoms with Crippen LogP contribution < -0.4 is 0 Å². The van der Waals surface area contributed by atoms with Gasteiger partial charge >= 0.3 is 0 Å². The molecule has 0 nitrogen and oxygen atoms in total. The Bertz CT molecular complexity index is 4950. The molecule has 55 heavy (non-hydrogen) atoms. The molecule has 0 aliphatic heterocycles. The van der Waals surface area contributed by atoms with Crippen LogP contribution in [0.3, 0.4) is 0 Å². The Morgan fingerprint density at radius 1 is 0.382 bits per heavy atom. The van der Waals surface area contributed by atoms with E-state index in [1.54, 1.807) is 0 Å². The van der Waals surface area contributed by atoms with Crippen molar-refractivity contribution in [2.75, 3.05) is 0 Å². The summed E-state index contributed by atoms with van der Waals surface area (Å²) in [6.45, 7) is -33.8. The van der Waals surface area contributed by atoms with E-state index in [9.17, 15) is 38.4 Å². The van der Waals surface area contributed by atoms with Crippen LogP contribution in [0, 0.1) is 0 Å². The Kier molecular flexibility index (Phi) is 2.02. The lowest BCUT2D eigenvalue weighted by atomic mass is 9.80. The van der Waals surface area contributed by atoms with Gasteiger partial charge in [0.15, 0.2) is 0 Å². The second-order valence-corrected chi connectivity index (χ2v) is 13.2. The van der Waals surface area contributed by atoms with Gasteiger partial charge in [0, 0.05) is 38.3 Å². The van der Waals surface area contributed by atoms with Gasteiger partial charge in [-0.3, -0.25) is 0 Å². The number of benzene rings is 10. The fraction of sp³-hybridized carbons (Fsp3) is 0.200. The summed E-state index contributed by atoms with van der Waals surface area (Å²) in [6.07, 6.45) is 0. The molecule has 0 bridgehead atoms. The van der Waals surface area contributed by atoms with Crippen LogP contribution in [-0.4, -0.2) is 0 Å². The van der Waals surface area contributed by atoms with Gasteiger partial charge in [-0.1, -0.05) is 176 Å². The zero-order valence-electron chi connectivity index (χ0n) is 73.5. The standard InChI is InChI=1S/C55H46/c1-53(2,3)39-25-35-11-9-31-13-19-41(45-23-17-37(27-39)49(35)51(31)45)33-15-21-43-44-22-16-34(30-48(44)55(7,8)47(43)29-33)42-20-14-32-10-12-36-26-40(54(4,5)6)28-38-18-24-46(42)52(32)50(36)38/h9-30H,1-8H3/i1D3,2D3,3D3,4D3,5D3,6D3,7D3,8D3,9D,10D,11D,12D,13D,14D,15D,16D,17D,18D,19D,20D,21D,22D,23D,24D,25D,26D,27D,28D,29D,30D. The van der Waals surface area contributed by atoms with E-state index in [-0.39, 0.29) is 0 Å². The first-order chi connectivity index (χ1) is 45.5. The Morgan fingerprint density at radius 3 is 1.15 bits per heavy atom. The third kappa shape index (κ3) is 4.58. The largest absolute Gasteiger partial charge is 0.0633 e. The van der Waals surface area contributed by atoms with E-state index in [1.165, 1.54) is 0 Å². The molecule has 1 aliphatic rings. The molecule has 1 aliphatic carbocycles. The van der Waals surface area contributed by atoms with Crippen molar-refractivity contribution in [1.82, 2.24) is 0 Å². The Balaban J connectivity index is 1.33. The van der Waals surface area contributed by atoms with Gasteiger partial charge in [0.05, 0.1) is 30.2 Å². The van der Waals surface area contributed by atoms with Gasteiger partial charge < -0.3 is 0 Å². The molecule has 266 valence electrons. The lowest BCUT2D eigenvalue weighted by molar-refractivity contribution is 0.591. The topological polar surface area (TPSA) is 0 Å². The molecule has 0 heterocycles. The third-order valence-corrected chi connectivity index (χ3v) is 9.75. The van der Waals surface area contributed by atoms with Crippen molar-refractivity contribution in [3.63, 3.8) is 0 Å². The van der Waals surface area contributed by atoms with Gasteiger partial charge in [-0.25, -0.2) is 0 Å². The lowest BCUT2D eigenvalue weighted by Crippen LogP contribution is -2.15. The van der Waals surface area contributed by atoms with Crippen molar-refractivity contribution in [2.45, 2.75) is 71.1 Å². The van der Waals surface area contributed by atoms with Crippen molar-refractivity contribution >= 4 is 64.6 Å². The molecule has 0 fully saturated rings. The summed E-state index contributed by atoms with van der Waals surface area (Å²) in [5, 5.41) is -11.3. The normalized spacial score (nSPS) is 28.2. The number of rotatable bonds is 2. The van der Waals surface area contributed by atoms with Crippen molar-refractivity contribution < 1.29 is 63.1 Å². The zero-order valence-corrected chi connectivity index (χ0v) is 27.5. The molecular weight excluding hydrogens is 661 g/mol. The number of hydrogen-bond donors (Lipinski definition) is 0. The average Bonchev–Trinajstić information content (AvgIpc) is 1.57. The maximum absolute atomic E-state index is 10.1. The predicted molar refractivity (Wildman–Crippen MR) is 240 cm³/mol. The highest BCUT2D eigenvalue weighted by molar-refractivity contribution is 6.27. The summed E-state index contributed by atoms with van der Waals surface area (Å²) in [6, 6.07) is -29.8. The van der Waals surface area contributed by atoms with Crippen LogP contribution in [0.4, 0.5) is 0 Å². The van der Waals surface area contributed by atoms with E-state index >= 15 is 0 Å². The first kappa shape index (κ1) is 10.4. The van der Waals surface area contributed by atoms with Gasteiger partial charge in [-0.15, -0.1) is 0 Å². The summed E-state index contributed by atoms with van der Waals surface area (Å²) >= 11 is 0. The van der Waals surface area contributed by atoms with Gasteiger partial charge in [0.25, 0.3) is 0 Å². The quantitative estimate of drug-likeness (QED) is 0.154. The molecule has 0 aromatic heterocycles. The third-order valence-electron chi connectivity index (χ3n) is 9.75. The molecule has 0 heteroatoms. The first-order valence-corrected chi connectivity index (χ1v) is 16.2. The predicted octanol–water partition coefficient (Wildman–Crippen LogP) is 15.7. The molecular formula is C55H46. The highest BCUT2D eigenvalue weighted by Gasteiger charge is 2.36. The van der Waals surface area contributed by atoms with Gasteiger partial charge in [-0.05, 0) is 143 Å². The van der Waals surface area contributed by atoms with E-state index < -0.39 is 324 Å². The second-order valence-electron chi connectivity index (χ2n) is 13.2. The molecule has 0 N–H and O–H groups in total. The maximum atomic E-state index is 10.1. The van der Waals surface area contributed by atoms with E-state index in [1.807, 2.05) is 0 Å². The van der Waals surface area contributed by atoms with Crippen LogP contribution in [0.2, 0.25) is 0 Å². The minimum atomic E-state index is -4.29. The Morgan fingerprint density at radius 2 is 0.745 bits per heavy atom. The Labute approximate surface area is 388 Å². The minimum Gasteiger partial charge on any atom is -0.0561 e. The summed E-state index contributed by atoms with van der Waals surface area (Å²) < 4.78 is 418. The fourth-order valence-corrected chi connectivity index (χ4v) is 7.25. The second kappa shape index (κ2) is 10.7. The Hall–Kier alpha value is -5.72. The van der Waals surface area contributed by atoms with Crippen molar-refractivity contribution in [3.05, 3.63) is 155 Å². The summed E-state index contributed by atoms with van der Waals surface area (Å²) in [5.41, 5.74) is -25.7. The van der Waals surface area contributed by atoms with Crippen LogP contribution in [-0.2, 0) is 16.2 Å². The monoisotopic (exact) mass is 753 g/mol. The van der Waals surface area contributed by atoms with E-state index in [2.05, 4.69) is 0 Å². The van der Waals surface area contributed by atoms with Crippen LogP contribution >= 0.6 is 0 Å². The van der Waals surface area contributed by atoms with E-state index in [4.69, 9.17) is 24.7 Å². The molecule has 10 aromatic carbocycles. The van der Waals surface area contributed by atoms with Gasteiger partial charge in [0.1, 0.15) is 0 Å². The lowest BCUT2D eigenvalue weighted by Gasteiger charge is -2.24. The summed E-state index contributed by atoms with van der Waals surface area (Å²) in [4.78, 5) is 0. The molecule has 0 spiro atoms. The van der Waals surface area contributed by atoms with Crippen molar-refractivity contribution in [1.29, 1.82) is 0 Å². The maximum Gasteiger partial charge on any atom is 0.0633 e. The molecule has 0 radical (unpaired) electrons. The molecule has 11 rings (SSSR count). The number of fused-ring (bicyclic) bond motifs is 3. The van der Waals surface area contributed by atoms with Crippen LogP contribution in [0.25, 0.3) is 98.0 Å². The highest BCUT2D eigenvalue weighted by atomic mass is 14.4. The number of hydrogen-bond acceptors (Lipinski definition) is 0. The molecule has 10 aromatic rings. The van der Waals surface area contributed by atoms with Gasteiger partial charge in [0.2, 0.25) is 0 Å².